The van der Waals surface area contributed by atoms with E-state index in [0.717, 1.165) is 0 Å². The summed E-state index contributed by atoms with van der Waals surface area (Å²) >= 11 is 0. The van der Waals surface area contributed by atoms with Crippen molar-refractivity contribution in [2.45, 2.75) is 18.8 Å². The van der Waals surface area contributed by atoms with Crippen LogP contribution in [0.2, 0.25) is 0 Å². The predicted octanol–water partition coefficient (Wildman–Crippen LogP) is -0.403. The Balaban J connectivity index is 2.40. The summed E-state index contributed by atoms with van der Waals surface area (Å²) in [6, 6.07) is 0. The summed E-state index contributed by atoms with van der Waals surface area (Å²) in [5.41, 5.74) is 0. The molecule has 0 saturated carbocycles. The van der Waals surface area contributed by atoms with Crippen LogP contribution in [-0.2, 0) is 4.74 Å². The first-order valence-corrected chi connectivity index (χ1v) is 2.15. The van der Waals surface area contributed by atoms with Crippen molar-refractivity contribution < 1.29 is 14.9 Å². The Hall–Kier alpha value is -0.120. The number of ether oxygens (including phenoxy) is 1. The van der Waals surface area contributed by atoms with E-state index in [4.69, 9.17) is 10.2 Å². The van der Waals surface area contributed by atoms with E-state index in [1.807, 2.05) is 0 Å². The van der Waals surface area contributed by atoms with Gasteiger partial charge in [-0.3, -0.25) is 0 Å². The largest absolute Gasteiger partial charge is 0.343 e. The van der Waals surface area contributed by atoms with Crippen LogP contribution >= 0.6 is 0 Å². The zero-order valence-electron chi connectivity index (χ0n) is 3.79. The fourth-order valence-electron chi connectivity index (χ4n) is 0.498. The van der Waals surface area contributed by atoms with Crippen LogP contribution in [-0.4, -0.2) is 16.2 Å². The lowest BCUT2D eigenvalue weighted by Crippen LogP contribution is -2.24. The van der Waals surface area contributed by atoms with Gasteiger partial charge in [0.25, 0.3) is 5.97 Å². The van der Waals surface area contributed by atoms with Crippen molar-refractivity contribution in [1.82, 2.24) is 0 Å². The smallest absolute Gasteiger partial charge is 0.278 e. The molecular weight excluding hydrogens is 96.0 g/mol. The molecule has 0 amide bonds. The summed E-state index contributed by atoms with van der Waals surface area (Å²) in [7, 11) is 0. The van der Waals surface area contributed by atoms with Gasteiger partial charge in [-0.2, -0.15) is 0 Å². The molecule has 41 valence electrons. The first-order chi connectivity index (χ1) is 3.21. The highest BCUT2D eigenvalue weighted by Crippen LogP contribution is 2.21. The normalized spacial score (nSPS) is 28.3. The maximum atomic E-state index is 8.50. The molecule has 0 unspecified atom stereocenters. The molecule has 1 rings (SSSR count). The standard InChI is InChI=1S/C4H7O3/c5-4(6)2-1-3-7-4/h3,5-6H,1-2H2. The molecule has 2 N–H and O–H groups in total. The molecule has 0 atom stereocenters. The average Bonchev–Trinajstić information content (AvgIpc) is 1.84. The molecule has 0 aliphatic carbocycles. The minimum atomic E-state index is -1.86. The monoisotopic (exact) mass is 103 g/mol. The van der Waals surface area contributed by atoms with E-state index in [1.54, 1.807) is 0 Å². The topological polar surface area (TPSA) is 49.7 Å². The second-order valence-electron chi connectivity index (χ2n) is 1.57. The molecule has 7 heavy (non-hydrogen) atoms. The zero-order valence-corrected chi connectivity index (χ0v) is 3.79. The Morgan fingerprint density at radius 1 is 1.57 bits per heavy atom. The Kier molecular flexibility index (Phi) is 1.03. The SMILES string of the molecule is OC1(O)CC[CH]O1. The Morgan fingerprint density at radius 2 is 2.29 bits per heavy atom. The van der Waals surface area contributed by atoms with E-state index in [1.165, 1.54) is 6.61 Å². The Bertz CT molecular complexity index is 61.3. The lowest BCUT2D eigenvalue weighted by Gasteiger charge is -2.10. The van der Waals surface area contributed by atoms with Crippen molar-refractivity contribution in [2.75, 3.05) is 0 Å². The third kappa shape index (κ3) is 1.12. The van der Waals surface area contributed by atoms with Crippen molar-refractivity contribution in [3.05, 3.63) is 6.61 Å². The molecule has 1 heterocycles. The maximum absolute atomic E-state index is 8.50. The highest BCUT2D eigenvalue weighted by Gasteiger charge is 2.28. The highest BCUT2D eigenvalue weighted by atomic mass is 16.8. The molecule has 3 heteroatoms. The fraction of sp³-hybridized carbons (Fsp3) is 0.750. The van der Waals surface area contributed by atoms with Crippen molar-refractivity contribution in [1.29, 1.82) is 0 Å². The van der Waals surface area contributed by atoms with E-state index < -0.39 is 5.97 Å². The second-order valence-corrected chi connectivity index (χ2v) is 1.57. The molecule has 0 bridgehead atoms. The minimum Gasteiger partial charge on any atom is -0.343 e. The van der Waals surface area contributed by atoms with Gasteiger partial charge in [0.05, 0.1) is 6.61 Å². The van der Waals surface area contributed by atoms with Crippen LogP contribution in [0.15, 0.2) is 0 Å². The summed E-state index contributed by atoms with van der Waals surface area (Å²) in [5, 5.41) is 17.0. The molecule has 1 aliphatic rings. The number of hydrogen-bond acceptors (Lipinski definition) is 3. The van der Waals surface area contributed by atoms with Crippen LogP contribution in [0.1, 0.15) is 12.8 Å². The number of hydrogen-bond donors (Lipinski definition) is 2. The molecule has 3 nitrogen and oxygen atoms in total. The molecule has 0 spiro atoms. The van der Waals surface area contributed by atoms with Gasteiger partial charge in [0.2, 0.25) is 0 Å². The van der Waals surface area contributed by atoms with E-state index in [0.29, 0.717) is 6.42 Å². The van der Waals surface area contributed by atoms with E-state index in [2.05, 4.69) is 4.74 Å². The van der Waals surface area contributed by atoms with Gasteiger partial charge in [0.15, 0.2) is 0 Å². The quantitative estimate of drug-likeness (QED) is 0.410. The van der Waals surface area contributed by atoms with E-state index in [9.17, 15) is 0 Å². The Labute approximate surface area is 41.5 Å². The maximum Gasteiger partial charge on any atom is 0.278 e. The third-order valence-electron chi connectivity index (χ3n) is 0.860. The van der Waals surface area contributed by atoms with Gasteiger partial charge in [-0.1, -0.05) is 0 Å². The summed E-state index contributed by atoms with van der Waals surface area (Å²) in [5.74, 6) is -1.86. The van der Waals surface area contributed by atoms with Crippen LogP contribution in [0, 0.1) is 6.61 Å². The second kappa shape index (κ2) is 1.43. The van der Waals surface area contributed by atoms with Gasteiger partial charge in [-0.25, -0.2) is 0 Å². The van der Waals surface area contributed by atoms with Crippen molar-refractivity contribution >= 4 is 0 Å². The van der Waals surface area contributed by atoms with Crippen molar-refractivity contribution in [3.8, 4) is 0 Å². The number of rotatable bonds is 0. The first-order valence-electron chi connectivity index (χ1n) is 2.15. The van der Waals surface area contributed by atoms with E-state index in [-0.39, 0.29) is 6.42 Å². The van der Waals surface area contributed by atoms with Crippen molar-refractivity contribution in [3.63, 3.8) is 0 Å². The van der Waals surface area contributed by atoms with E-state index >= 15 is 0 Å². The molecular formula is C4H7O3. The predicted molar refractivity (Wildman–Crippen MR) is 21.8 cm³/mol. The lowest BCUT2D eigenvalue weighted by molar-refractivity contribution is -0.303. The first kappa shape index (κ1) is 5.03. The number of aliphatic hydroxyl groups is 2. The average molecular weight is 103 g/mol. The zero-order chi connectivity index (χ0) is 5.33. The lowest BCUT2D eigenvalue weighted by atomic mass is 10.3. The van der Waals surface area contributed by atoms with Crippen LogP contribution in [0.4, 0.5) is 0 Å². The summed E-state index contributed by atoms with van der Waals surface area (Å²) in [4.78, 5) is 0. The Morgan fingerprint density at radius 3 is 2.43 bits per heavy atom. The van der Waals surface area contributed by atoms with Crippen LogP contribution in [0.3, 0.4) is 0 Å². The molecule has 0 aromatic rings. The van der Waals surface area contributed by atoms with Gasteiger partial charge in [0, 0.05) is 6.42 Å². The highest BCUT2D eigenvalue weighted by molar-refractivity contribution is 4.67. The minimum absolute atomic E-state index is 0.285. The molecule has 0 aromatic carbocycles. The molecule has 1 aliphatic heterocycles. The summed E-state index contributed by atoms with van der Waals surface area (Å²) in [6.45, 7) is 1.39. The van der Waals surface area contributed by atoms with Gasteiger partial charge < -0.3 is 14.9 Å². The van der Waals surface area contributed by atoms with Gasteiger partial charge in [0.1, 0.15) is 0 Å². The van der Waals surface area contributed by atoms with Gasteiger partial charge >= 0.3 is 0 Å². The fourth-order valence-corrected chi connectivity index (χ4v) is 0.498. The molecule has 1 radical (unpaired) electrons. The molecule has 1 fully saturated rings. The summed E-state index contributed by atoms with van der Waals surface area (Å²) in [6.07, 6.45) is 0.903. The van der Waals surface area contributed by atoms with Crippen LogP contribution in [0.5, 0.6) is 0 Å². The van der Waals surface area contributed by atoms with Crippen LogP contribution in [0.25, 0.3) is 0 Å². The molecule has 0 aromatic heterocycles. The van der Waals surface area contributed by atoms with Gasteiger partial charge in [-0.05, 0) is 6.42 Å². The van der Waals surface area contributed by atoms with Crippen molar-refractivity contribution in [2.24, 2.45) is 0 Å². The third-order valence-corrected chi connectivity index (χ3v) is 0.860. The van der Waals surface area contributed by atoms with Gasteiger partial charge in [-0.15, -0.1) is 0 Å². The summed E-state index contributed by atoms with van der Waals surface area (Å²) < 4.78 is 4.33. The molecule has 1 saturated heterocycles. The van der Waals surface area contributed by atoms with Crippen LogP contribution < -0.4 is 0 Å².